The third kappa shape index (κ3) is 1.91. The third-order valence-corrected chi connectivity index (χ3v) is 3.26. The minimum atomic E-state index is -0.150. The molecule has 2 N–H and O–H groups in total. The Hall–Kier alpha value is -0.610. The SMILES string of the molecule is COC(=O)C1CN(C2CC2)CCC1N. The highest BCUT2D eigenvalue weighted by atomic mass is 16.5. The van der Waals surface area contributed by atoms with E-state index < -0.39 is 0 Å². The number of nitrogens with two attached hydrogens (primary N) is 1. The summed E-state index contributed by atoms with van der Waals surface area (Å²) in [5, 5.41) is 0. The van der Waals surface area contributed by atoms with Gasteiger partial charge in [-0.25, -0.2) is 0 Å². The van der Waals surface area contributed by atoms with Crippen LogP contribution in [-0.4, -0.2) is 43.2 Å². The molecule has 0 radical (unpaired) electrons. The Labute approximate surface area is 84.4 Å². The number of piperidine rings is 1. The van der Waals surface area contributed by atoms with Gasteiger partial charge in [-0.3, -0.25) is 9.69 Å². The first-order chi connectivity index (χ1) is 6.72. The molecule has 1 aliphatic carbocycles. The zero-order valence-electron chi connectivity index (χ0n) is 8.61. The minimum absolute atomic E-state index is 0.0163. The zero-order valence-corrected chi connectivity index (χ0v) is 8.61. The Bertz CT molecular complexity index is 228. The molecule has 0 aromatic carbocycles. The lowest BCUT2D eigenvalue weighted by Crippen LogP contribution is -2.51. The van der Waals surface area contributed by atoms with Crippen LogP contribution in [0.1, 0.15) is 19.3 Å². The largest absolute Gasteiger partial charge is 0.469 e. The molecule has 2 fully saturated rings. The molecule has 2 atom stereocenters. The number of nitrogens with zero attached hydrogens (tertiary/aromatic N) is 1. The number of methoxy groups -OCH3 is 1. The molecule has 2 aliphatic rings. The highest BCUT2D eigenvalue weighted by Crippen LogP contribution is 2.30. The Morgan fingerprint density at radius 1 is 1.43 bits per heavy atom. The van der Waals surface area contributed by atoms with E-state index in [2.05, 4.69) is 4.90 Å². The van der Waals surface area contributed by atoms with Gasteiger partial charge in [0.05, 0.1) is 13.0 Å². The normalized spacial score (nSPS) is 34.1. The van der Waals surface area contributed by atoms with E-state index in [-0.39, 0.29) is 17.9 Å². The quantitative estimate of drug-likeness (QED) is 0.633. The molecule has 1 aliphatic heterocycles. The van der Waals surface area contributed by atoms with Crippen LogP contribution in [0.25, 0.3) is 0 Å². The van der Waals surface area contributed by atoms with E-state index in [1.165, 1.54) is 20.0 Å². The second-order valence-corrected chi connectivity index (χ2v) is 4.31. The van der Waals surface area contributed by atoms with Gasteiger partial charge in [0.15, 0.2) is 0 Å². The molecule has 0 aromatic rings. The van der Waals surface area contributed by atoms with Crippen LogP contribution in [0.2, 0.25) is 0 Å². The average molecular weight is 198 g/mol. The van der Waals surface area contributed by atoms with Gasteiger partial charge < -0.3 is 10.5 Å². The number of rotatable bonds is 2. The lowest BCUT2D eigenvalue weighted by Gasteiger charge is -2.35. The Morgan fingerprint density at radius 3 is 2.71 bits per heavy atom. The number of ether oxygens (including phenoxy) is 1. The van der Waals surface area contributed by atoms with Gasteiger partial charge in [-0.1, -0.05) is 0 Å². The highest BCUT2D eigenvalue weighted by Gasteiger charge is 2.38. The summed E-state index contributed by atoms with van der Waals surface area (Å²) in [5.41, 5.74) is 5.91. The van der Waals surface area contributed by atoms with Crippen LogP contribution in [0.3, 0.4) is 0 Å². The van der Waals surface area contributed by atoms with E-state index in [0.29, 0.717) is 0 Å². The lowest BCUT2D eigenvalue weighted by molar-refractivity contribution is -0.148. The van der Waals surface area contributed by atoms with Gasteiger partial charge in [0.25, 0.3) is 0 Å². The summed E-state index contributed by atoms with van der Waals surface area (Å²) in [6.45, 7) is 1.83. The first kappa shape index (κ1) is 9.93. The molecular formula is C10H18N2O2. The van der Waals surface area contributed by atoms with Crippen molar-refractivity contribution >= 4 is 5.97 Å². The topological polar surface area (TPSA) is 55.6 Å². The molecule has 1 saturated heterocycles. The Balaban J connectivity index is 1.95. The van der Waals surface area contributed by atoms with Crippen LogP contribution in [-0.2, 0) is 9.53 Å². The maximum atomic E-state index is 11.4. The molecule has 14 heavy (non-hydrogen) atoms. The van der Waals surface area contributed by atoms with Crippen molar-refractivity contribution in [3.63, 3.8) is 0 Å². The van der Waals surface area contributed by atoms with Crippen LogP contribution in [0, 0.1) is 5.92 Å². The monoisotopic (exact) mass is 198 g/mol. The van der Waals surface area contributed by atoms with E-state index in [9.17, 15) is 4.79 Å². The minimum Gasteiger partial charge on any atom is -0.469 e. The van der Waals surface area contributed by atoms with Gasteiger partial charge in [0.1, 0.15) is 0 Å². The number of carbonyl (C=O) groups is 1. The van der Waals surface area contributed by atoms with E-state index in [4.69, 9.17) is 10.5 Å². The van der Waals surface area contributed by atoms with E-state index in [0.717, 1.165) is 25.6 Å². The van der Waals surface area contributed by atoms with Crippen LogP contribution >= 0.6 is 0 Å². The zero-order chi connectivity index (χ0) is 10.1. The predicted molar refractivity (Wildman–Crippen MR) is 52.7 cm³/mol. The van der Waals surface area contributed by atoms with Gasteiger partial charge >= 0.3 is 5.97 Å². The van der Waals surface area contributed by atoms with Crippen molar-refractivity contribution in [3.8, 4) is 0 Å². The summed E-state index contributed by atoms with van der Waals surface area (Å²) in [7, 11) is 1.44. The summed E-state index contributed by atoms with van der Waals surface area (Å²) in [6.07, 6.45) is 3.47. The summed E-state index contributed by atoms with van der Waals surface area (Å²) in [6, 6.07) is 0.701. The predicted octanol–water partition coefficient (Wildman–Crippen LogP) is -0.0290. The van der Waals surface area contributed by atoms with Crippen molar-refractivity contribution in [2.75, 3.05) is 20.2 Å². The molecule has 0 amide bonds. The van der Waals surface area contributed by atoms with Crippen LogP contribution in [0.15, 0.2) is 0 Å². The van der Waals surface area contributed by atoms with Gasteiger partial charge in [-0.2, -0.15) is 0 Å². The fourth-order valence-corrected chi connectivity index (χ4v) is 2.17. The van der Waals surface area contributed by atoms with Crippen LogP contribution in [0.5, 0.6) is 0 Å². The second-order valence-electron chi connectivity index (χ2n) is 4.31. The molecule has 80 valence electrons. The van der Waals surface area contributed by atoms with E-state index in [1.807, 2.05) is 0 Å². The number of likely N-dealkylation sites (tertiary alicyclic amines) is 1. The Kier molecular flexibility index (Phi) is 2.74. The molecule has 1 saturated carbocycles. The number of hydrogen-bond donors (Lipinski definition) is 1. The maximum Gasteiger partial charge on any atom is 0.311 e. The molecule has 0 spiro atoms. The smallest absolute Gasteiger partial charge is 0.311 e. The molecule has 0 bridgehead atoms. The summed E-state index contributed by atoms with van der Waals surface area (Å²) in [4.78, 5) is 13.8. The lowest BCUT2D eigenvalue weighted by atomic mass is 9.93. The van der Waals surface area contributed by atoms with Crippen molar-refractivity contribution in [1.29, 1.82) is 0 Å². The highest BCUT2D eigenvalue weighted by molar-refractivity contribution is 5.73. The average Bonchev–Trinajstić information content (AvgIpc) is 3.01. The first-order valence-electron chi connectivity index (χ1n) is 5.30. The van der Waals surface area contributed by atoms with Crippen molar-refractivity contribution in [1.82, 2.24) is 4.90 Å². The van der Waals surface area contributed by atoms with E-state index >= 15 is 0 Å². The van der Waals surface area contributed by atoms with Crippen molar-refractivity contribution in [3.05, 3.63) is 0 Å². The Morgan fingerprint density at radius 2 is 2.14 bits per heavy atom. The number of hydrogen-bond acceptors (Lipinski definition) is 4. The molecule has 2 rings (SSSR count). The molecule has 0 aromatic heterocycles. The summed E-state index contributed by atoms with van der Waals surface area (Å²) >= 11 is 0. The third-order valence-electron chi connectivity index (χ3n) is 3.26. The van der Waals surface area contributed by atoms with Crippen LogP contribution in [0.4, 0.5) is 0 Å². The van der Waals surface area contributed by atoms with Crippen LogP contribution < -0.4 is 5.73 Å². The van der Waals surface area contributed by atoms with E-state index in [1.54, 1.807) is 0 Å². The van der Waals surface area contributed by atoms with Crippen molar-refractivity contribution < 1.29 is 9.53 Å². The second kappa shape index (κ2) is 3.87. The molecule has 2 unspecified atom stereocenters. The molecule has 1 heterocycles. The summed E-state index contributed by atoms with van der Waals surface area (Å²) in [5.74, 6) is -0.266. The molecular weight excluding hydrogens is 180 g/mol. The van der Waals surface area contributed by atoms with Crippen molar-refractivity contribution in [2.24, 2.45) is 11.7 Å². The maximum absolute atomic E-state index is 11.4. The number of carbonyl (C=O) groups excluding carboxylic acids is 1. The van der Waals surface area contributed by atoms with Gasteiger partial charge in [0, 0.05) is 18.6 Å². The van der Waals surface area contributed by atoms with Crippen molar-refractivity contribution in [2.45, 2.75) is 31.3 Å². The fourth-order valence-electron chi connectivity index (χ4n) is 2.17. The standard InChI is InChI=1S/C10H18N2O2/c1-14-10(13)8-6-12(7-2-3-7)5-4-9(8)11/h7-9H,2-6,11H2,1H3. The molecule has 4 heteroatoms. The summed E-state index contributed by atoms with van der Waals surface area (Å²) < 4.78 is 4.76. The fraction of sp³-hybridized carbons (Fsp3) is 0.900. The number of esters is 1. The van der Waals surface area contributed by atoms with Gasteiger partial charge in [0.2, 0.25) is 0 Å². The van der Waals surface area contributed by atoms with Gasteiger partial charge in [-0.05, 0) is 25.8 Å². The molecule has 4 nitrogen and oxygen atoms in total. The van der Waals surface area contributed by atoms with Gasteiger partial charge in [-0.15, -0.1) is 0 Å². The first-order valence-corrected chi connectivity index (χ1v) is 5.30.